The highest BCUT2D eigenvalue weighted by Gasteiger charge is 2.36. The van der Waals surface area contributed by atoms with Gasteiger partial charge in [-0.3, -0.25) is 9.10 Å². The van der Waals surface area contributed by atoms with Gasteiger partial charge < -0.3 is 5.32 Å². The topological polar surface area (TPSA) is 66.5 Å². The van der Waals surface area contributed by atoms with Crippen LogP contribution >= 0.6 is 0 Å². The Kier molecular flexibility index (Phi) is 4.58. The Labute approximate surface area is 199 Å². The average molecular weight is 469 g/mol. The predicted octanol–water partition coefficient (Wildman–Crippen LogP) is 5.37. The van der Waals surface area contributed by atoms with Gasteiger partial charge in [-0.1, -0.05) is 48.5 Å². The van der Waals surface area contributed by atoms with Gasteiger partial charge in [0.25, 0.3) is 10.0 Å². The van der Waals surface area contributed by atoms with Crippen LogP contribution in [0.1, 0.15) is 22.3 Å². The molecule has 0 spiro atoms. The summed E-state index contributed by atoms with van der Waals surface area (Å²) in [5.74, 6) is -0.369. The monoisotopic (exact) mass is 468 g/mol. The van der Waals surface area contributed by atoms with Crippen molar-refractivity contribution < 1.29 is 13.2 Å². The second-order valence-corrected chi connectivity index (χ2v) is 11.0. The summed E-state index contributed by atoms with van der Waals surface area (Å²) in [6.45, 7) is 3.62. The third-order valence-electron chi connectivity index (χ3n) is 6.89. The zero-order chi connectivity index (χ0) is 23.6. The summed E-state index contributed by atoms with van der Waals surface area (Å²) < 4.78 is 28.5. The van der Waals surface area contributed by atoms with Crippen LogP contribution in [-0.2, 0) is 27.7 Å². The number of amides is 1. The molecule has 0 bridgehead atoms. The molecule has 0 atom stereocenters. The average Bonchev–Trinajstić information content (AvgIpc) is 3.23. The largest absolute Gasteiger partial charge is 0.324 e. The molecule has 0 saturated carbocycles. The van der Waals surface area contributed by atoms with Crippen molar-refractivity contribution in [2.45, 2.75) is 31.6 Å². The SMILES string of the molecule is Cc1cc(C)c2c(c1)N(CC(=O)Nc1ccc3c4c(cccc14)CC3)S(=O)(=O)c1ccccc1-2. The molecule has 0 fully saturated rings. The first-order valence-corrected chi connectivity index (χ1v) is 12.9. The van der Waals surface area contributed by atoms with E-state index < -0.39 is 10.0 Å². The van der Waals surface area contributed by atoms with Gasteiger partial charge in [-0.15, -0.1) is 0 Å². The van der Waals surface area contributed by atoms with E-state index in [2.05, 4.69) is 17.4 Å². The molecule has 0 unspecified atom stereocenters. The van der Waals surface area contributed by atoms with Gasteiger partial charge in [0.15, 0.2) is 0 Å². The number of anilines is 2. The number of benzene rings is 4. The molecule has 1 amide bonds. The van der Waals surface area contributed by atoms with Crippen molar-refractivity contribution in [1.82, 2.24) is 0 Å². The number of carbonyl (C=O) groups excluding carboxylic acids is 1. The minimum atomic E-state index is -3.89. The Balaban J connectivity index is 1.41. The molecular weight excluding hydrogens is 444 g/mol. The standard InChI is InChI=1S/C28H24N2O3S/c1-17-14-18(2)27-22-7-3-4-9-25(22)34(32,33)30(24(27)15-17)16-26(31)29-23-13-12-20-11-10-19-6-5-8-21(23)28(19)20/h3-9,12-15H,10-11,16H2,1-2H3,(H,29,31). The summed E-state index contributed by atoms with van der Waals surface area (Å²) >= 11 is 0. The molecule has 34 heavy (non-hydrogen) atoms. The molecule has 0 saturated heterocycles. The van der Waals surface area contributed by atoms with Crippen molar-refractivity contribution >= 4 is 38.1 Å². The first kappa shape index (κ1) is 20.9. The quantitative estimate of drug-likeness (QED) is 0.440. The van der Waals surface area contributed by atoms with Gasteiger partial charge in [0.2, 0.25) is 5.91 Å². The van der Waals surface area contributed by atoms with Crippen molar-refractivity contribution in [2.75, 3.05) is 16.2 Å². The maximum Gasteiger partial charge on any atom is 0.265 e. The lowest BCUT2D eigenvalue weighted by atomic mass is 9.96. The Morgan fingerprint density at radius 3 is 2.53 bits per heavy atom. The lowest BCUT2D eigenvalue weighted by Crippen LogP contribution is -2.40. The molecule has 4 aromatic carbocycles. The molecule has 6 heteroatoms. The second-order valence-electron chi connectivity index (χ2n) is 9.14. The Hall–Kier alpha value is -3.64. The third kappa shape index (κ3) is 3.06. The van der Waals surface area contributed by atoms with E-state index in [1.807, 2.05) is 56.3 Å². The van der Waals surface area contributed by atoms with E-state index in [1.165, 1.54) is 20.8 Å². The second kappa shape index (κ2) is 7.43. The summed E-state index contributed by atoms with van der Waals surface area (Å²) in [6, 6.07) is 21.0. The minimum Gasteiger partial charge on any atom is -0.324 e. The van der Waals surface area contributed by atoms with Gasteiger partial charge in [-0.2, -0.15) is 0 Å². The van der Waals surface area contributed by atoms with Crippen LogP contribution in [0.5, 0.6) is 0 Å². The zero-order valence-corrected chi connectivity index (χ0v) is 19.9. The fourth-order valence-electron chi connectivity index (χ4n) is 5.48. The molecule has 1 heterocycles. The Morgan fingerprint density at radius 1 is 0.941 bits per heavy atom. The van der Waals surface area contributed by atoms with E-state index in [9.17, 15) is 13.2 Å². The van der Waals surface area contributed by atoms with E-state index in [1.54, 1.807) is 12.1 Å². The van der Waals surface area contributed by atoms with Gasteiger partial charge >= 0.3 is 0 Å². The van der Waals surface area contributed by atoms with Crippen LogP contribution < -0.4 is 9.62 Å². The molecule has 170 valence electrons. The smallest absolute Gasteiger partial charge is 0.265 e. The van der Waals surface area contributed by atoms with Crippen LogP contribution in [0, 0.1) is 13.8 Å². The lowest BCUT2D eigenvalue weighted by Gasteiger charge is -2.33. The number of fused-ring (bicyclic) bond motifs is 3. The summed E-state index contributed by atoms with van der Waals surface area (Å²) in [5.41, 5.74) is 7.31. The minimum absolute atomic E-state index is 0.229. The molecule has 4 aromatic rings. The number of aryl methyl sites for hydroxylation is 4. The maximum atomic E-state index is 13.6. The highest BCUT2D eigenvalue weighted by Crippen LogP contribution is 2.45. The van der Waals surface area contributed by atoms with Crippen LogP contribution in [0.2, 0.25) is 0 Å². The van der Waals surface area contributed by atoms with Crippen molar-refractivity contribution in [3.05, 3.63) is 89.0 Å². The molecule has 5 nitrogen and oxygen atoms in total. The van der Waals surface area contributed by atoms with Crippen LogP contribution in [0.15, 0.2) is 71.6 Å². The molecular formula is C28H24N2O3S. The van der Waals surface area contributed by atoms with Crippen molar-refractivity contribution in [3.63, 3.8) is 0 Å². The van der Waals surface area contributed by atoms with E-state index in [0.29, 0.717) is 16.9 Å². The Bertz CT molecular complexity index is 1610. The normalized spacial score (nSPS) is 15.2. The molecule has 1 aliphatic heterocycles. The van der Waals surface area contributed by atoms with E-state index in [4.69, 9.17) is 0 Å². The molecule has 0 aromatic heterocycles. The van der Waals surface area contributed by atoms with Crippen molar-refractivity contribution in [2.24, 2.45) is 0 Å². The molecule has 1 aliphatic carbocycles. The van der Waals surface area contributed by atoms with Gasteiger partial charge in [0.05, 0.1) is 10.6 Å². The molecule has 1 N–H and O–H groups in total. The van der Waals surface area contributed by atoms with Gasteiger partial charge in [0, 0.05) is 22.2 Å². The molecule has 0 radical (unpaired) electrons. The summed E-state index contributed by atoms with van der Waals surface area (Å²) in [6.07, 6.45) is 2.01. The van der Waals surface area contributed by atoms with Gasteiger partial charge in [-0.05, 0) is 72.5 Å². The lowest BCUT2D eigenvalue weighted by molar-refractivity contribution is -0.114. The maximum absolute atomic E-state index is 13.6. The number of nitrogens with zero attached hydrogens (tertiary/aromatic N) is 1. The van der Waals surface area contributed by atoms with E-state index in [0.717, 1.165) is 34.9 Å². The first-order valence-electron chi connectivity index (χ1n) is 11.4. The van der Waals surface area contributed by atoms with Gasteiger partial charge in [0.1, 0.15) is 6.54 Å². The first-order chi connectivity index (χ1) is 16.3. The summed E-state index contributed by atoms with van der Waals surface area (Å²) in [4.78, 5) is 13.5. The number of nitrogens with one attached hydrogen (secondary N) is 1. The van der Waals surface area contributed by atoms with Crippen molar-refractivity contribution in [3.8, 4) is 11.1 Å². The van der Waals surface area contributed by atoms with Gasteiger partial charge in [-0.25, -0.2) is 8.42 Å². The number of sulfonamides is 1. The summed E-state index contributed by atoms with van der Waals surface area (Å²) in [5, 5.41) is 5.20. The van der Waals surface area contributed by atoms with Crippen LogP contribution in [0.4, 0.5) is 11.4 Å². The van der Waals surface area contributed by atoms with E-state index in [-0.39, 0.29) is 17.3 Å². The fraction of sp³-hybridized carbons (Fsp3) is 0.179. The molecule has 2 aliphatic rings. The zero-order valence-electron chi connectivity index (χ0n) is 19.1. The number of rotatable bonds is 3. The van der Waals surface area contributed by atoms with E-state index >= 15 is 0 Å². The third-order valence-corrected chi connectivity index (χ3v) is 8.71. The highest BCUT2D eigenvalue weighted by molar-refractivity contribution is 7.93. The highest BCUT2D eigenvalue weighted by atomic mass is 32.2. The predicted molar refractivity (Wildman–Crippen MR) is 136 cm³/mol. The van der Waals surface area contributed by atoms with Crippen LogP contribution in [0.3, 0.4) is 0 Å². The Morgan fingerprint density at radius 2 is 1.71 bits per heavy atom. The van der Waals surface area contributed by atoms with Crippen molar-refractivity contribution in [1.29, 1.82) is 0 Å². The molecule has 6 rings (SSSR count). The van der Waals surface area contributed by atoms with Crippen LogP contribution in [-0.4, -0.2) is 20.9 Å². The summed E-state index contributed by atoms with van der Waals surface area (Å²) in [7, 11) is -3.89. The number of hydrogen-bond donors (Lipinski definition) is 1. The van der Waals surface area contributed by atoms with Crippen LogP contribution in [0.25, 0.3) is 21.9 Å². The number of carbonyl (C=O) groups is 1. The fourth-order valence-corrected chi connectivity index (χ4v) is 7.11. The number of hydrogen-bond acceptors (Lipinski definition) is 3.